The average molecular weight is 347 g/mol. The minimum Gasteiger partial charge on any atom is -0.331 e. The Labute approximate surface area is 149 Å². The molecule has 0 bridgehead atoms. The van der Waals surface area contributed by atoms with Crippen molar-refractivity contribution in [3.63, 3.8) is 0 Å². The highest BCUT2D eigenvalue weighted by atomic mass is 16.2. The summed E-state index contributed by atoms with van der Waals surface area (Å²) in [7, 11) is 0. The molecule has 0 radical (unpaired) electrons. The van der Waals surface area contributed by atoms with Gasteiger partial charge in [0.1, 0.15) is 0 Å². The second-order valence-corrected chi connectivity index (χ2v) is 5.75. The number of urea groups is 1. The molecule has 0 saturated heterocycles. The lowest BCUT2D eigenvalue weighted by atomic mass is 10.2. The summed E-state index contributed by atoms with van der Waals surface area (Å²) in [6.07, 6.45) is 5.52. The number of nitrogens with one attached hydrogen (secondary N) is 2. The molecule has 1 aromatic carbocycles. The Morgan fingerprint density at radius 3 is 2.69 bits per heavy atom. The van der Waals surface area contributed by atoms with Crippen molar-refractivity contribution in [2.24, 2.45) is 0 Å². The van der Waals surface area contributed by atoms with E-state index in [1.54, 1.807) is 6.20 Å². The fraction of sp³-hybridized carbons (Fsp3) is 0.111. The van der Waals surface area contributed by atoms with Crippen LogP contribution in [-0.2, 0) is 13.1 Å². The number of hydrogen-bond acceptors (Lipinski definition) is 4. The molecule has 0 fully saturated rings. The van der Waals surface area contributed by atoms with Crippen LogP contribution < -0.4 is 10.6 Å². The van der Waals surface area contributed by atoms with Crippen molar-refractivity contribution >= 4 is 17.4 Å². The minimum atomic E-state index is -0.294. The smallest absolute Gasteiger partial charge is 0.319 e. The van der Waals surface area contributed by atoms with Gasteiger partial charge in [-0.05, 0) is 35.9 Å². The maximum Gasteiger partial charge on any atom is 0.319 e. The monoisotopic (exact) mass is 347 g/mol. The lowest BCUT2D eigenvalue weighted by molar-refractivity contribution is 0.251. The predicted octanol–water partition coefficient (Wildman–Crippen LogP) is 2.30. The first-order valence-electron chi connectivity index (χ1n) is 8.18. The van der Waals surface area contributed by atoms with Gasteiger partial charge < -0.3 is 10.6 Å². The standard InChI is InChI=1S/C18H17N7O/c26-18(19-12-17-23-22-16-4-1-2-11-25(16)17)21-15-7-5-14(6-8-15)13-24-10-3-9-20-24/h1-11H,12-13H2,(H2,19,21,26). The van der Waals surface area contributed by atoms with Crippen molar-refractivity contribution in [1.82, 2.24) is 29.7 Å². The lowest BCUT2D eigenvalue weighted by Crippen LogP contribution is -2.29. The van der Waals surface area contributed by atoms with Gasteiger partial charge in [0.15, 0.2) is 11.5 Å². The molecule has 2 amide bonds. The number of amides is 2. The zero-order valence-electron chi connectivity index (χ0n) is 13.9. The second kappa shape index (κ2) is 7.06. The molecule has 8 heteroatoms. The molecule has 3 heterocycles. The molecule has 0 aliphatic rings. The van der Waals surface area contributed by atoms with Gasteiger partial charge in [0.05, 0.1) is 13.1 Å². The van der Waals surface area contributed by atoms with Crippen LogP contribution in [0.3, 0.4) is 0 Å². The Hall–Kier alpha value is -3.68. The van der Waals surface area contributed by atoms with Gasteiger partial charge in [0, 0.05) is 24.3 Å². The summed E-state index contributed by atoms with van der Waals surface area (Å²) in [5, 5.41) is 17.9. The molecule has 0 saturated carbocycles. The summed E-state index contributed by atoms with van der Waals surface area (Å²) in [6.45, 7) is 0.980. The third-order valence-corrected chi connectivity index (χ3v) is 3.91. The molecule has 26 heavy (non-hydrogen) atoms. The Morgan fingerprint density at radius 2 is 1.88 bits per heavy atom. The van der Waals surface area contributed by atoms with Crippen LogP contribution >= 0.6 is 0 Å². The zero-order valence-corrected chi connectivity index (χ0v) is 13.9. The summed E-state index contributed by atoms with van der Waals surface area (Å²) < 4.78 is 3.68. The first kappa shape index (κ1) is 15.8. The number of aromatic nitrogens is 5. The van der Waals surface area contributed by atoms with Gasteiger partial charge in [-0.1, -0.05) is 18.2 Å². The minimum absolute atomic E-state index is 0.286. The van der Waals surface area contributed by atoms with E-state index in [1.807, 2.05) is 70.0 Å². The molecular formula is C18H17N7O. The molecule has 0 unspecified atom stereocenters. The van der Waals surface area contributed by atoms with E-state index >= 15 is 0 Å². The van der Waals surface area contributed by atoms with Gasteiger partial charge in [-0.25, -0.2) is 4.79 Å². The third kappa shape index (κ3) is 3.54. The Bertz CT molecular complexity index is 1010. The molecule has 4 rings (SSSR count). The van der Waals surface area contributed by atoms with E-state index in [0.717, 1.165) is 16.9 Å². The molecule has 0 aliphatic carbocycles. The van der Waals surface area contributed by atoms with Crippen LogP contribution in [0.2, 0.25) is 0 Å². The highest BCUT2D eigenvalue weighted by molar-refractivity contribution is 5.89. The fourth-order valence-corrected chi connectivity index (χ4v) is 2.62. The average Bonchev–Trinajstić information content (AvgIpc) is 3.31. The van der Waals surface area contributed by atoms with Crippen LogP contribution in [0.1, 0.15) is 11.4 Å². The first-order valence-corrected chi connectivity index (χ1v) is 8.18. The normalized spacial score (nSPS) is 10.8. The predicted molar refractivity (Wildman–Crippen MR) is 96.6 cm³/mol. The van der Waals surface area contributed by atoms with E-state index in [-0.39, 0.29) is 12.6 Å². The maximum atomic E-state index is 12.1. The van der Waals surface area contributed by atoms with Crippen LogP contribution in [-0.4, -0.2) is 30.4 Å². The van der Waals surface area contributed by atoms with Gasteiger partial charge >= 0.3 is 6.03 Å². The quantitative estimate of drug-likeness (QED) is 0.580. The summed E-state index contributed by atoms with van der Waals surface area (Å²) >= 11 is 0. The van der Waals surface area contributed by atoms with E-state index < -0.39 is 0 Å². The van der Waals surface area contributed by atoms with Crippen LogP contribution in [0.5, 0.6) is 0 Å². The summed E-state index contributed by atoms with van der Waals surface area (Å²) in [5.41, 5.74) is 2.57. The van der Waals surface area contributed by atoms with Crippen LogP contribution in [0.15, 0.2) is 67.1 Å². The number of nitrogens with zero attached hydrogens (tertiary/aromatic N) is 5. The first-order chi connectivity index (χ1) is 12.8. The van der Waals surface area contributed by atoms with Crippen molar-refractivity contribution in [2.45, 2.75) is 13.1 Å². The molecular weight excluding hydrogens is 330 g/mol. The molecule has 0 aliphatic heterocycles. The Balaban J connectivity index is 1.33. The molecule has 3 aromatic heterocycles. The lowest BCUT2D eigenvalue weighted by Gasteiger charge is -2.08. The molecule has 0 spiro atoms. The Kier molecular flexibility index (Phi) is 4.29. The van der Waals surface area contributed by atoms with Crippen molar-refractivity contribution < 1.29 is 4.79 Å². The molecule has 130 valence electrons. The van der Waals surface area contributed by atoms with Gasteiger partial charge in [-0.2, -0.15) is 5.10 Å². The van der Waals surface area contributed by atoms with E-state index in [0.29, 0.717) is 12.4 Å². The van der Waals surface area contributed by atoms with Gasteiger partial charge in [-0.15, -0.1) is 10.2 Å². The summed E-state index contributed by atoms with van der Waals surface area (Å²) in [4.78, 5) is 12.1. The van der Waals surface area contributed by atoms with Crippen LogP contribution in [0.4, 0.5) is 10.5 Å². The van der Waals surface area contributed by atoms with E-state index in [4.69, 9.17) is 0 Å². The highest BCUT2D eigenvalue weighted by Gasteiger charge is 2.07. The SMILES string of the molecule is O=C(NCc1nnc2ccccn12)Nc1ccc(Cn2cccn2)cc1. The topological polar surface area (TPSA) is 89.1 Å². The summed E-state index contributed by atoms with van der Waals surface area (Å²) in [6, 6.07) is 14.9. The fourth-order valence-electron chi connectivity index (χ4n) is 2.62. The van der Waals surface area contributed by atoms with E-state index in [1.165, 1.54) is 0 Å². The number of fused-ring (bicyclic) bond motifs is 1. The number of anilines is 1. The number of hydrogen-bond donors (Lipinski definition) is 2. The molecule has 4 aromatic rings. The highest BCUT2D eigenvalue weighted by Crippen LogP contribution is 2.10. The van der Waals surface area contributed by atoms with Crippen LogP contribution in [0.25, 0.3) is 5.65 Å². The number of carbonyl (C=O) groups is 1. The van der Waals surface area contributed by atoms with Gasteiger partial charge in [-0.3, -0.25) is 9.08 Å². The summed E-state index contributed by atoms with van der Waals surface area (Å²) in [5.74, 6) is 0.672. The molecule has 2 N–H and O–H groups in total. The van der Waals surface area contributed by atoms with Crippen molar-refractivity contribution in [1.29, 1.82) is 0 Å². The van der Waals surface area contributed by atoms with Gasteiger partial charge in [0.25, 0.3) is 0 Å². The van der Waals surface area contributed by atoms with Crippen molar-refractivity contribution in [3.05, 3.63) is 78.5 Å². The Morgan fingerprint density at radius 1 is 1.00 bits per heavy atom. The number of rotatable bonds is 5. The second-order valence-electron chi connectivity index (χ2n) is 5.75. The number of benzene rings is 1. The maximum absolute atomic E-state index is 12.1. The number of pyridine rings is 1. The number of carbonyl (C=O) groups excluding carboxylic acids is 1. The van der Waals surface area contributed by atoms with Crippen LogP contribution in [0, 0.1) is 0 Å². The molecule has 8 nitrogen and oxygen atoms in total. The zero-order chi connectivity index (χ0) is 17.8. The largest absolute Gasteiger partial charge is 0.331 e. The molecule has 0 atom stereocenters. The van der Waals surface area contributed by atoms with E-state index in [9.17, 15) is 4.79 Å². The van der Waals surface area contributed by atoms with E-state index in [2.05, 4.69) is 25.9 Å². The van der Waals surface area contributed by atoms with Gasteiger partial charge in [0.2, 0.25) is 0 Å². The third-order valence-electron chi connectivity index (χ3n) is 3.91. The van der Waals surface area contributed by atoms with Crippen molar-refractivity contribution in [2.75, 3.05) is 5.32 Å². The van der Waals surface area contributed by atoms with Crippen molar-refractivity contribution in [3.8, 4) is 0 Å².